The summed E-state index contributed by atoms with van der Waals surface area (Å²) in [5, 5.41) is 3.60. The van der Waals surface area contributed by atoms with Crippen LogP contribution >= 0.6 is 0 Å². The van der Waals surface area contributed by atoms with E-state index in [0.29, 0.717) is 6.04 Å². The summed E-state index contributed by atoms with van der Waals surface area (Å²) in [5.41, 5.74) is 2.21. The highest BCUT2D eigenvalue weighted by Gasteiger charge is 2.19. The standard InChI is InChI=1S/C15H22N4/c1-2-5-13-10-18(9-7-16-13)11-14-12-19-8-4-3-6-15(19)17-14/h3-4,6,8,12-13,16H,2,5,7,9-11H2,1H3. The second-order valence-corrected chi connectivity index (χ2v) is 5.37. The molecule has 1 aliphatic heterocycles. The molecule has 0 radical (unpaired) electrons. The van der Waals surface area contributed by atoms with Gasteiger partial charge in [0.05, 0.1) is 5.69 Å². The first-order valence-electron chi connectivity index (χ1n) is 7.23. The molecular weight excluding hydrogens is 236 g/mol. The summed E-state index contributed by atoms with van der Waals surface area (Å²) < 4.78 is 2.10. The normalized spacial score (nSPS) is 21.0. The number of fused-ring (bicyclic) bond motifs is 1. The minimum atomic E-state index is 0.649. The molecule has 2 aromatic rings. The van der Waals surface area contributed by atoms with Crippen LogP contribution in [-0.4, -0.2) is 40.0 Å². The molecule has 4 heteroatoms. The van der Waals surface area contributed by atoms with E-state index in [2.05, 4.69) is 45.0 Å². The average Bonchev–Trinajstić information content (AvgIpc) is 2.81. The molecule has 0 aromatic carbocycles. The largest absolute Gasteiger partial charge is 0.311 e. The van der Waals surface area contributed by atoms with Gasteiger partial charge < -0.3 is 9.72 Å². The van der Waals surface area contributed by atoms with Gasteiger partial charge in [-0.25, -0.2) is 4.98 Å². The van der Waals surface area contributed by atoms with Crippen molar-refractivity contribution >= 4 is 5.65 Å². The first-order valence-corrected chi connectivity index (χ1v) is 7.23. The molecule has 19 heavy (non-hydrogen) atoms. The van der Waals surface area contributed by atoms with Crippen LogP contribution in [-0.2, 0) is 6.54 Å². The molecule has 1 saturated heterocycles. The molecule has 0 aliphatic carbocycles. The monoisotopic (exact) mass is 258 g/mol. The van der Waals surface area contributed by atoms with Crippen LogP contribution in [0.15, 0.2) is 30.6 Å². The number of aromatic nitrogens is 2. The molecule has 102 valence electrons. The van der Waals surface area contributed by atoms with Crippen molar-refractivity contribution in [2.75, 3.05) is 19.6 Å². The number of piperazine rings is 1. The van der Waals surface area contributed by atoms with Gasteiger partial charge in [-0.2, -0.15) is 0 Å². The van der Waals surface area contributed by atoms with Crippen molar-refractivity contribution in [3.8, 4) is 0 Å². The van der Waals surface area contributed by atoms with Crippen molar-refractivity contribution < 1.29 is 0 Å². The average molecular weight is 258 g/mol. The molecule has 3 rings (SSSR count). The predicted octanol–water partition coefficient (Wildman–Crippen LogP) is 1.91. The van der Waals surface area contributed by atoms with Gasteiger partial charge >= 0.3 is 0 Å². The highest BCUT2D eigenvalue weighted by molar-refractivity contribution is 5.39. The van der Waals surface area contributed by atoms with Crippen LogP contribution in [0.1, 0.15) is 25.5 Å². The van der Waals surface area contributed by atoms with Gasteiger partial charge in [0.25, 0.3) is 0 Å². The Balaban J connectivity index is 1.67. The van der Waals surface area contributed by atoms with E-state index in [1.54, 1.807) is 0 Å². The lowest BCUT2D eigenvalue weighted by Crippen LogP contribution is -2.50. The van der Waals surface area contributed by atoms with Crippen LogP contribution in [0.25, 0.3) is 5.65 Å². The summed E-state index contributed by atoms with van der Waals surface area (Å²) >= 11 is 0. The van der Waals surface area contributed by atoms with E-state index >= 15 is 0 Å². The van der Waals surface area contributed by atoms with Crippen LogP contribution in [0.2, 0.25) is 0 Å². The van der Waals surface area contributed by atoms with Crippen molar-refractivity contribution in [2.24, 2.45) is 0 Å². The molecule has 2 aromatic heterocycles. The fourth-order valence-electron chi connectivity index (χ4n) is 2.87. The molecule has 1 N–H and O–H groups in total. The predicted molar refractivity (Wildman–Crippen MR) is 77.2 cm³/mol. The third kappa shape index (κ3) is 2.96. The van der Waals surface area contributed by atoms with Crippen molar-refractivity contribution in [3.05, 3.63) is 36.3 Å². The third-order valence-corrected chi connectivity index (χ3v) is 3.78. The van der Waals surface area contributed by atoms with Crippen molar-refractivity contribution in [1.29, 1.82) is 0 Å². The van der Waals surface area contributed by atoms with Gasteiger partial charge in [0, 0.05) is 44.6 Å². The van der Waals surface area contributed by atoms with Crippen molar-refractivity contribution in [1.82, 2.24) is 19.6 Å². The molecule has 1 fully saturated rings. The maximum Gasteiger partial charge on any atom is 0.137 e. The van der Waals surface area contributed by atoms with Gasteiger partial charge in [0.1, 0.15) is 5.65 Å². The first-order chi connectivity index (χ1) is 9.35. The lowest BCUT2D eigenvalue weighted by atomic mass is 10.1. The van der Waals surface area contributed by atoms with Gasteiger partial charge in [-0.1, -0.05) is 19.4 Å². The topological polar surface area (TPSA) is 32.6 Å². The zero-order valence-electron chi connectivity index (χ0n) is 11.5. The second-order valence-electron chi connectivity index (χ2n) is 5.37. The van der Waals surface area contributed by atoms with E-state index in [0.717, 1.165) is 31.8 Å². The van der Waals surface area contributed by atoms with Gasteiger partial charge in [-0.05, 0) is 18.6 Å². The summed E-state index contributed by atoms with van der Waals surface area (Å²) in [6.07, 6.45) is 6.72. The Labute approximate surface area is 114 Å². The van der Waals surface area contributed by atoms with Gasteiger partial charge in [0.2, 0.25) is 0 Å². The zero-order chi connectivity index (χ0) is 13.1. The van der Waals surface area contributed by atoms with Crippen molar-refractivity contribution in [3.63, 3.8) is 0 Å². The van der Waals surface area contributed by atoms with E-state index < -0.39 is 0 Å². The number of hydrogen-bond donors (Lipinski definition) is 1. The van der Waals surface area contributed by atoms with Gasteiger partial charge in [-0.15, -0.1) is 0 Å². The molecule has 1 atom stereocenters. The Morgan fingerprint density at radius 2 is 2.37 bits per heavy atom. The molecule has 0 spiro atoms. The Kier molecular flexibility index (Phi) is 3.80. The summed E-state index contributed by atoms with van der Waals surface area (Å²) in [6, 6.07) is 6.78. The maximum absolute atomic E-state index is 4.68. The molecule has 0 bridgehead atoms. The first kappa shape index (κ1) is 12.6. The quantitative estimate of drug-likeness (QED) is 0.909. The molecule has 0 amide bonds. The van der Waals surface area contributed by atoms with Gasteiger partial charge in [0.15, 0.2) is 0 Å². The number of rotatable bonds is 4. The van der Waals surface area contributed by atoms with Crippen LogP contribution in [0, 0.1) is 0 Å². The smallest absolute Gasteiger partial charge is 0.137 e. The van der Waals surface area contributed by atoms with E-state index in [1.807, 2.05) is 12.1 Å². The second kappa shape index (κ2) is 5.72. The molecule has 1 unspecified atom stereocenters. The van der Waals surface area contributed by atoms with E-state index in [-0.39, 0.29) is 0 Å². The van der Waals surface area contributed by atoms with E-state index in [9.17, 15) is 0 Å². The molecule has 3 heterocycles. The Hall–Kier alpha value is -1.39. The SMILES string of the molecule is CCCC1CN(Cc2cn3ccccc3n2)CCN1. The fraction of sp³-hybridized carbons (Fsp3) is 0.533. The molecule has 0 saturated carbocycles. The summed E-state index contributed by atoms with van der Waals surface area (Å²) in [5.74, 6) is 0. The summed E-state index contributed by atoms with van der Waals surface area (Å²) in [4.78, 5) is 7.19. The number of imidazole rings is 1. The van der Waals surface area contributed by atoms with Crippen LogP contribution in [0.3, 0.4) is 0 Å². The lowest BCUT2D eigenvalue weighted by Gasteiger charge is -2.33. The highest BCUT2D eigenvalue weighted by Crippen LogP contribution is 2.11. The van der Waals surface area contributed by atoms with Gasteiger partial charge in [-0.3, -0.25) is 4.90 Å². The van der Waals surface area contributed by atoms with Crippen LogP contribution in [0.4, 0.5) is 0 Å². The van der Waals surface area contributed by atoms with Crippen LogP contribution < -0.4 is 5.32 Å². The number of nitrogens with one attached hydrogen (secondary N) is 1. The van der Waals surface area contributed by atoms with E-state index in [1.165, 1.54) is 18.5 Å². The minimum absolute atomic E-state index is 0.649. The molecular formula is C15H22N4. The van der Waals surface area contributed by atoms with Crippen LogP contribution in [0.5, 0.6) is 0 Å². The number of pyridine rings is 1. The molecule has 1 aliphatic rings. The van der Waals surface area contributed by atoms with Crippen molar-refractivity contribution in [2.45, 2.75) is 32.4 Å². The lowest BCUT2D eigenvalue weighted by molar-refractivity contribution is 0.185. The summed E-state index contributed by atoms with van der Waals surface area (Å²) in [6.45, 7) is 6.57. The zero-order valence-corrected chi connectivity index (χ0v) is 11.5. The Morgan fingerprint density at radius 3 is 3.21 bits per heavy atom. The Bertz CT molecular complexity index is 499. The minimum Gasteiger partial charge on any atom is -0.311 e. The third-order valence-electron chi connectivity index (χ3n) is 3.78. The molecule has 4 nitrogen and oxygen atoms in total. The number of hydrogen-bond acceptors (Lipinski definition) is 3. The summed E-state index contributed by atoms with van der Waals surface area (Å²) in [7, 11) is 0. The Morgan fingerprint density at radius 1 is 1.42 bits per heavy atom. The fourth-order valence-corrected chi connectivity index (χ4v) is 2.87. The number of nitrogens with zero attached hydrogens (tertiary/aromatic N) is 3. The highest BCUT2D eigenvalue weighted by atomic mass is 15.2. The maximum atomic E-state index is 4.68. The van der Waals surface area contributed by atoms with E-state index in [4.69, 9.17) is 0 Å².